The molecule has 3 aromatic heterocycles. The van der Waals surface area contributed by atoms with Gasteiger partial charge in [0, 0.05) is 25.1 Å². The number of hydrogen-bond acceptors (Lipinski definition) is 7. The third kappa shape index (κ3) is 3.35. The Morgan fingerprint density at radius 3 is 2.57 bits per heavy atom. The zero-order valence-corrected chi connectivity index (χ0v) is 14.8. The van der Waals surface area contributed by atoms with Gasteiger partial charge in [0.25, 0.3) is 5.56 Å². The van der Waals surface area contributed by atoms with Crippen LogP contribution in [0.15, 0.2) is 46.1 Å². The van der Waals surface area contributed by atoms with Crippen LogP contribution in [0.2, 0.25) is 0 Å². The number of halogens is 1. The van der Waals surface area contributed by atoms with E-state index in [9.17, 15) is 4.79 Å². The minimum atomic E-state index is -1.46. The van der Waals surface area contributed by atoms with Crippen LogP contribution < -0.4 is 15.0 Å². The average Bonchev–Trinajstić information content (AvgIpc) is 3.38. The molecule has 9 heteroatoms. The van der Waals surface area contributed by atoms with Crippen molar-refractivity contribution in [3.05, 3.63) is 52.7 Å². The highest BCUT2D eigenvalue weighted by Gasteiger charge is 2.48. The molecule has 8 nitrogen and oxygen atoms in total. The van der Waals surface area contributed by atoms with Crippen molar-refractivity contribution in [1.29, 1.82) is 0 Å². The van der Waals surface area contributed by atoms with Gasteiger partial charge in [-0.15, -0.1) is 0 Å². The van der Waals surface area contributed by atoms with Crippen LogP contribution in [0, 0.1) is 0 Å². The molecule has 2 fully saturated rings. The molecule has 0 amide bonds. The van der Waals surface area contributed by atoms with E-state index in [1.807, 2.05) is 0 Å². The smallest absolute Gasteiger partial charge is 0.280 e. The van der Waals surface area contributed by atoms with Gasteiger partial charge in [0.2, 0.25) is 11.8 Å². The number of nitrogens with one attached hydrogen (secondary N) is 1. The summed E-state index contributed by atoms with van der Waals surface area (Å²) < 4.78 is 31.5. The first-order chi connectivity index (χ1) is 13.6. The number of H-pyrrole nitrogens is 1. The molecule has 5 rings (SSSR count). The zero-order chi connectivity index (χ0) is 19.1. The molecule has 0 saturated heterocycles. The van der Waals surface area contributed by atoms with Crippen molar-refractivity contribution in [3.63, 3.8) is 0 Å². The highest BCUT2D eigenvalue weighted by Crippen LogP contribution is 2.47. The van der Waals surface area contributed by atoms with E-state index in [1.54, 1.807) is 18.3 Å². The summed E-state index contributed by atoms with van der Waals surface area (Å²) in [6, 6.07) is 4.63. The minimum absolute atomic E-state index is 0.218. The van der Waals surface area contributed by atoms with Crippen LogP contribution in [0.4, 0.5) is 4.39 Å². The number of aromatic nitrogens is 4. The fraction of sp³-hybridized carbons (Fsp3) is 0.368. The van der Waals surface area contributed by atoms with Gasteiger partial charge in [0.1, 0.15) is 23.6 Å². The van der Waals surface area contributed by atoms with Crippen LogP contribution >= 0.6 is 0 Å². The van der Waals surface area contributed by atoms with Crippen molar-refractivity contribution >= 4 is 0 Å². The lowest BCUT2D eigenvalue weighted by molar-refractivity contribution is -0.0489. The summed E-state index contributed by atoms with van der Waals surface area (Å²) in [4.78, 5) is 23.6. The van der Waals surface area contributed by atoms with Crippen molar-refractivity contribution in [3.8, 4) is 23.2 Å². The number of aromatic amines is 1. The molecule has 2 aliphatic carbocycles. The molecule has 0 atom stereocenters. The molecule has 0 aromatic carbocycles. The molecule has 3 aromatic rings. The maximum Gasteiger partial charge on any atom is 0.280 e. The Morgan fingerprint density at radius 2 is 1.89 bits per heavy atom. The summed E-state index contributed by atoms with van der Waals surface area (Å²) in [5.41, 5.74) is -0.856. The molecule has 28 heavy (non-hydrogen) atoms. The van der Waals surface area contributed by atoms with Gasteiger partial charge in [-0.25, -0.2) is 19.3 Å². The van der Waals surface area contributed by atoms with E-state index in [0.29, 0.717) is 23.0 Å². The zero-order valence-electron chi connectivity index (χ0n) is 14.8. The first kappa shape index (κ1) is 16.9. The Hall–Kier alpha value is -3.23. The Bertz CT molecular complexity index is 1040. The second kappa shape index (κ2) is 6.43. The van der Waals surface area contributed by atoms with Gasteiger partial charge >= 0.3 is 0 Å². The van der Waals surface area contributed by atoms with Crippen molar-refractivity contribution in [1.82, 2.24) is 20.1 Å². The normalized spacial score (nSPS) is 23.8. The second-order valence-corrected chi connectivity index (χ2v) is 7.13. The van der Waals surface area contributed by atoms with Crippen LogP contribution in [-0.4, -0.2) is 32.3 Å². The predicted octanol–water partition coefficient (Wildman–Crippen LogP) is 2.77. The largest absolute Gasteiger partial charge is 0.474 e. The third-order valence-electron chi connectivity index (χ3n) is 4.86. The topological polar surface area (TPSA) is 103 Å². The molecular formula is C19H17FN4O4. The average molecular weight is 384 g/mol. The van der Waals surface area contributed by atoms with E-state index in [0.717, 1.165) is 12.8 Å². The number of ether oxygens (including phenoxy) is 2. The van der Waals surface area contributed by atoms with Crippen LogP contribution in [0.1, 0.15) is 31.2 Å². The minimum Gasteiger partial charge on any atom is -0.474 e. The SMILES string of the molecule is O=c1cc(-c2cnc(OC3CC(F)(c4ccnc(OC5CC5)c4)C3)cn2)o[nH]1. The van der Waals surface area contributed by atoms with Crippen molar-refractivity contribution in [2.75, 3.05) is 0 Å². The van der Waals surface area contributed by atoms with E-state index in [1.165, 1.54) is 18.5 Å². The molecule has 2 aliphatic rings. The van der Waals surface area contributed by atoms with Gasteiger partial charge in [0.15, 0.2) is 5.76 Å². The quantitative estimate of drug-likeness (QED) is 0.697. The summed E-state index contributed by atoms with van der Waals surface area (Å²) >= 11 is 0. The van der Waals surface area contributed by atoms with Crippen LogP contribution in [0.3, 0.4) is 0 Å². The van der Waals surface area contributed by atoms with Gasteiger partial charge < -0.3 is 14.0 Å². The van der Waals surface area contributed by atoms with Gasteiger partial charge in [-0.1, -0.05) is 0 Å². The van der Waals surface area contributed by atoms with Crippen molar-refractivity contribution in [2.24, 2.45) is 0 Å². The van der Waals surface area contributed by atoms with Gasteiger partial charge in [-0.05, 0) is 24.5 Å². The lowest BCUT2D eigenvalue weighted by atomic mass is 9.74. The first-order valence-electron chi connectivity index (χ1n) is 9.07. The summed E-state index contributed by atoms with van der Waals surface area (Å²) in [5, 5.41) is 2.19. The van der Waals surface area contributed by atoms with Crippen LogP contribution in [0.25, 0.3) is 11.5 Å². The first-order valence-corrected chi connectivity index (χ1v) is 9.07. The summed E-state index contributed by atoms with van der Waals surface area (Å²) in [7, 11) is 0. The second-order valence-electron chi connectivity index (χ2n) is 7.13. The molecule has 2 saturated carbocycles. The summed E-state index contributed by atoms with van der Waals surface area (Å²) in [6.45, 7) is 0. The van der Waals surface area contributed by atoms with E-state index < -0.39 is 5.67 Å². The van der Waals surface area contributed by atoms with Crippen molar-refractivity contribution in [2.45, 2.75) is 43.6 Å². The number of rotatable bonds is 6. The number of pyridine rings is 1. The summed E-state index contributed by atoms with van der Waals surface area (Å²) in [6.07, 6.45) is 6.85. The molecular weight excluding hydrogens is 367 g/mol. The van der Waals surface area contributed by atoms with E-state index in [-0.39, 0.29) is 36.4 Å². The number of alkyl halides is 1. The molecule has 0 spiro atoms. The van der Waals surface area contributed by atoms with Crippen LogP contribution in [-0.2, 0) is 5.67 Å². The number of hydrogen-bond donors (Lipinski definition) is 1. The Labute approximate surface area is 158 Å². The number of nitrogens with zero attached hydrogens (tertiary/aromatic N) is 3. The van der Waals surface area contributed by atoms with E-state index in [4.69, 9.17) is 14.0 Å². The fourth-order valence-electron chi connectivity index (χ4n) is 3.17. The highest BCUT2D eigenvalue weighted by molar-refractivity contribution is 5.49. The van der Waals surface area contributed by atoms with Crippen molar-refractivity contribution < 1.29 is 18.4 Å². The lowest BCUT2D eigenvalue weighted by Crippen LogP contribution is -2.44. The molecule has 0 radical (unpaired) electrons. The van der Waals surface area contributed by atoms with Gasteiger partial charge in [-0.3, -0.25) is 4.79 Å². The van der Waals surface area contributed by atoms with E-state index in [2.05, 4.69) is 20.1 Å². The third-order valence-corrected chi connectivity index (χ3v) is 4.86. The highest BCUT2D eigenvalue weighted by atomic mass is 19.1. The molecule has 0 aliphatic heterocycles. The molecule has 0 bridgehead atoms. The molecule has 1 N–H and O–H groups in total. The standard InChI is InChI=1S/C19H17FN4O4/c20-19(11-3-4-21-17(5-11)26-12-1-2-12)7-13(8-19)27-18-10-22-14(9-23-18)15-6-16(25)24-28-15/h3-6,9-10,12-13H,1-2,7-8H2,(H,24,25). The van der Waals surface area contributed by atoms with Gasteiger partial charge in [0.05, 0.1) is 18.5 Å². The fourth-order valence-corrected chi connectivity index (χ4v) is 3.17. The Kier molecular flexibility index (Phi) is 3.88. The summed E-state index contributed by atoms with van der Waals surface area (Å²) in [5.74, 6) is 1.05. The Morgan fingerprint density at radius 1 is 1.07 bits per heavy atom. The maximum absolute atomic E-state index is 15.2. The van der Waals surface area contributed by atoms with Crippen LogP contribution in [0.5, 0.6) is 11.8 Å². The Balaban J connectivity index is 1.21. The predicted molar refractivity (Wildman–Crippen MR) is 94.7 cm³/mol. The lowest BCUT2D eigenvalue weighted by Gasteiger charge is -2.41. The van der Waals surface area contributed by atoms with Gasteiger partial charge in [-0.2, -0.15) is 5.16 Å². The van der Waals surface area contributed by atoms with E-state index >= 15 is 4.39 Å². The molecule has 3 heterocycles. The molecule has 0 unspecified atom stereocenters. The maximum atomic E-state index is 15.2. The monoisotopic (exact) mass is 384 g/mol. The molecule has 144 valence electrons.